The minimum absolute atomic E-state index is 1.05. The Labute approximate surface area is 279 Å². The van der Waals surface area contributed by atoms with E-state index in [1.54, 1.807) is 0 Å². The van der Waals surface area contributed by atoms with Crippen LogP contribution in [0.25, 0.3) is 89.3 Å². The molecule has 0 aliphatic carbocycles. The monoisotopic (exact) mass is 612 g/mol. The fourth-order valence-corrected chi connectivity index (χ4v) is 7.39. The maximum Gasteiger partial charge on any atom is 0.0541 e. The lowest BCUT2D eigenvalue weighted by atomic mass is 9.98. The first kappa shape index (κ1) is 27.9. The largest absolute Gasteiger partial charge is 0.309 e. The van der Waals surface area contributed by atoms with Gasteiger partial charge in [0.05, 0.1) is 22.2 Å². The molecule has 0 saturated carbocycles. The number of para-hydroxylation sites is 2. The van der Waals surface area contributed by atoms with Gasteiger partial charge >= 0.3 is 0 Å². The highest BCUT2D eigenvalue weighted by Gasteiger charge is 2.16. The zero-order valence-corrected chi connectivity index (χ0v) is 26.5. The van der Waals surface area contributed by atoms with Crippen molar-refractivity contribution in [3.8, 4) is 33.6 Å². The molecular formula is C46H32N2. The fraction of sp³-hybridized carbons (Fsp3) is 0. The molecule has 0 unspecified atom stereocenters. The molecule has 7 aromatic carbocycles. The number of hydrogen-bond acceptors (Lipinski definition) is 0. The van der Waals surface area contributed by atoms with Crippen molar-refractivity contribution in [2.24, 2.45) is 0 Å². The van der Waals surface area contributed by atoms with Crippen molar-refractivity contribution in [3.05, 3.63) is 182 Å². The van der Waals surface area contributed by atoms with Gasteiger partial charge in [-0.3, -0.25) is 0 Å². The molecule has 0 atom stereocenters. The lowest BCUT2D eigenvalue weighted by molar-refractivity contribution is 1.11. The molecule has 0 N–H and O–H groups in total. The average Bonchev–Trinajstić information content (AvgIpc) is 3.66. The third-order valence-corrected chi connectivity index (χ3v) is 9.67. The summed E-state index contributed by atoms with van der Waals surface area (Å²) in [7, 11) is 0. The Morgan fingerprint density at radius 2 is 0.958 bits per heavy atom. The smallest absolute Gasteiger partial charge is 0.0541 e. The molecule has 2 heterocycles. The molecule has 0 fully saturated rings. The lowest BCUT2D eigenvalue weighted by Crippen LogP contribution is -1.96. The van der Waals surface area contributed by atoms with Crippen LogP contribution >= 0.6 is 0 Å². The molecule has 0 bridgehead atoms. The predicted octanol–water partition coefficient (Wildman–Crippen LogP) is 12.5. The topological polar surface area (TPSA) is 9.86 Å². The van der Waals surface area contributed by atoms with Gasteiger partial charge in [-0.25, -0.2) is 0 Å². The van der Waals surface area contributed by atoms with Gasteiger partial charge in [0.25, 0.3) is 0 Å². The van der Waals surface area contributed by atoms with Crippen LogP contribution in [0.1, 0.15) is 11.3 Å². The van der Waals surface area contributed by atoms with Crippen LogP contribution in [0.15, 0.2) is 171 Å². The van der Waals surface area contributed by atoms with Crippen LogP contribution in [-0.2, 0) is 0 Å². The van der Waals surface area contributed by atoms with Crippen molar-refractivity contribution in [1.82, 2.24) is 9.13 Å². The maximum absolute atomic E-state index is 4.15. The number of aromatic nitrogens is 2. The van der Waals surface area contributed by atoms with E-state index in [0.29, 0.717) is 0 Å². The SMILES string of the molecule is C=Cc1c(C=C)n(-c2ccccc2)c2ccc(-c3ccc(-c4ccc5c(c4)c4ccccc4n5-c4ccc5ccccc5c4)cc3)cc12. The number of benzene rings is 7. The molecule has 0 radical (unpaired) electrons. The second kappa shape index (κ2) is 11.2. The third-order valence-electron chi connectivity index (χ3n) is 9.67. The van der Waals surface area contributed by atoms with Gasteiger partial charge in [-0.1, -0.05) is 122 Å². The van der Waals surface area contributed by atoms with Crippen LogP contribution in [0.2, 0.25) is 0 Å². The molecule has 226 valence electrons. The normalized spacial score (nSPS) is 11.5. The highest BCUT2D eigenvalue weighted by atomic mass is 15.0. The fourth-order valence-electron chi connectivity index (χ4n) is 7.39. The van der Waals surface area contributed by atoms with Crippen molar-refractivity contribution in [2.45, 2.75) is 0 Å². The van der Waals surface area contributed by atoms with Crippen molar-refractivity contribution < 1.29 is 0 Å². The summed E-state index contributed by atoms with van der Waals surface area (Å²) in [4.78, 5) is 0. The quantitative estimate of drug-likeness (QED) is 0.177. The molecule has 2 heteroatoms. The van der Waals surface area contributed by atoms with E-state index in [-0.39, 0.29) is 0 Å². The van der Waals surface area contributed by atoms with Gasteiger partial charge < -0.3 is 9.13 Å². The maximum atomic E-state index is 4.15. The third kappa shape index (κ3) is 4.35. The van der Waals surface area contributed by atoms with E-state index < -0.39 is 0 Å². The minimum Gasteiger partial charge on any atom is -0.309 e. The standard InChI is InChI=1S/C46H32N2/c1-3-39-41-29-35(23-26-45(41)47(43(39)4-2)37-14-6-5-7-15-37)32-18-20-33(21-19-32)36-24-27-46-42(30-36)40-16-10-11-17-44(40)48(46)38-25-22-31-12-8-9-13-34(31)28-38/h3-30H,1-2H2. The Hall–Kier alpha value is -6.38. The molecule has 2 aromatic heterocycles. The summed E-state index contributed by atoms with van der Waals surface area (Å²) in [6.07, 6.45) is 3.87. The second-order valence-electron chi connectivity index (χ2n) is 12.3. The van der Waals surface area contributed by atoms with Crippen molar-refractivity contribution in [3.63, 3.8) is 0 Å². The summed E-state index contributed by atoms with van der Waals surface area (Å²) in [6.45, 7) is 8.29. The first-order valence-corrected chi connectivity index (χ1v) is 16.3. The highest BCUT2D eigenvalue weighted by molar-refractivity contribution is 6.10. The Balaban J connectivity index is 1.11. The molecule has 48 heavy (non-hydrogen) atoms. The lowest BCUT2D eigenvalue weighted by Gasteiger charge is -2.10. The van der Waals surface area contributed by atoms with Gasteiger partial charge in [-0.05, 0) is 93.7 Å². The van der Waals surface area contributed by atoms with Crippen molar-refractivity contribution >= 4 is 55.6 Å². The van der Waals surface area contributed by atoms with Gasteiger partial charge in [0, 0.05) is 33.1 Å². The Bertz CT molecular complexity index is 2690. The molecule has 0 aliphatic rings. The number of hydrogen-bond donors (Lipinski definition) is 0. The summed E-state index contributed by atoms with van der Waals surface area (Å²) in [6, 6.07) is 56.9. The molecule has 9 rings (SSSR count). The Morgan fingerprint density at radius 1 is 0.375 bits per heavy atom. The molecule has 9 aromatic rings. The van der Waals surface area contributed by atoms with Crippen LogP contribution in [0.3, 0.4) is 0 Å². The number of nitrogens with zero attached hydrogens (tertiary/aromatic N) is 2. The van der Waals surface area contributed by atoms with Crippen LogP contribution < -0.4 is 0 Å². The first-order chi connectivity index (χ1) is 23.7. The number of rotatable bonds is 6. The van der Waals surface area contributed by atoms with Crippen molar-refractivity contribution in [2.75, 3.05) is 0 Å². The van der Waals surface area contributed by atoms with Gasteiger partial charge in [-0.2, -0.15) is 0 Å². The summed E-state index contributed by atoms with van der Waals surface area (Å²) in [5.74, 6) is 0. The minimum atomic E-state index is 1.05. The van der Waals surface area contributed by atoms with Gasteiger partial charge in [0.2, 0.25) is 0 Å². The zero-order valence-electron chi connectivity index (χ0n) is 26.5. The van der Waals surface area contributed by atoms with Crippen molar-refractivity contribution in [1.29, 1.82) is 0 Å². The van der Waals surface area contributed by atoms with Crippen LogP contribution in [0.5, 0.6) is 0 Å². The van der Waals surface area contributed by atoms with Gasteiger partial charge in [0.15, 0.2) is 0 Å². The summed E-state index contributed by atoms with van der Waals surface area (Å²) >= 11 is 0. The highest BCUT2D eigenvalue weighted by Crippen LogP contribution is 2.37. The molecule has 2 nitrogen and oxygen atoms in total. The van der Waals surface area contributed by atoms with E-state index in [1.807, 2.05) is 18.2 Å². The van der Waals surface area contributed by atoms with E-state index in [0.717, 1.165) is 22.5 Å². The molecule has 0 spiro atoms. The van der Waals surface area contributed by atoms with E-state index in [1.165, 1.54) is 65.9 Å². The van der Waals surface area contributed by atoms with E-state index in [2.05, 4.69) is 174 Å². The van der Waals surface area contributed by atoms with Crippen LogP contribution in [0, 0.1) is 0 Å². The first-order valence-electron chi connectivity index (χ1n) is 16.3. The van der Waals surface area contributed by atoms with Crippen LogP contribution in [0.4, 0.5) is 0 Å². The second-order valence-corrected chi connectivity index (χ2v) is 12.3. The van der Waals surface area contributed by atoms with E-state index in [4.69, 9.17) is 0 Å². The van der Waals surface area contributed by atoms with E-state index >= 15 is 0 Å². The summed E-state index contributed by atoms with van der Waals surface area (Å²) < 4.78 is 4.65. The van der Waals surface area contributed by atoms with E-state index in [9.17, 15) is 0 Å². The molecular weight excluding hydrogens is 581 g/mol. The molecule has 0 amide bonds. The zero-order chi connectivity index (χ0) is 32.2. The number of fused-ring (bicyclic) bond motifs is 5. The average molecular weight is 613 g/mol. The summed E-state index contributed by atoms with van der Waals surface area (Å²) in [5.41, 5.74) is 12.7. The van der Waals surface area contributed by atoms with Crippen LogP contribution in [-0.4, -0.2) is 9.13 Å². The van der Waals surface area contributed by atoms with Gasteiger partial charge in [0.1, 0.15) is 0 Å². The predicted molar refractivity (Wildman–Crippen MR) is 206 cm³/mol. The Kier molecular flexibility index (Phi) is 6.48. The molecule has 0 aliphatic heterocycles. The van der Waals surface area contributed by atoms with Gasteiger partial charge in [-0.15, -0.1) is 0 Å². The summed E-state index contributed by atoms with van der Waals surface area (Å²) in [5, 5.41) is 6.17. The Morgan fingerprint density at radius 3 is 1.67 bits per heavy atom. The molecule has 0 saturated heterocycles.